The third-order valence-electron chi connectivity index (χ3n) is 3.90. The van der Waals surface area contributed by atoms with Crippen LogP contribution in [0.4, 0.5) is 5.69 Å². The van der Waals surface area contributed by atoms with E-state index in [1.807, 2.05) is 12.3 Å². The summed E-state index contributed by atoms with van der Waals surface area (Å²) in [6, 6.07) is 3.97. The number of aliphatic hydroxyl groups is 1. The summed E-state index contributed by atoms with van der Waals surface area (Å²) in [5.74, 6) is 0.834. The molecule has 1 aromatic heterocycles. The van der Waals surface area contributed by atoms with E-state index in [4.69, 9.17) is 0 Å². The van der Waals surface area contributed by atoms with Crippen LogP contribution in [-0.4, -0.2) is 23.7 Å². The molecule has 0 spiro atoms. The van der Waals surface area contributed by atoms with Crippen LogP contribution in [0.1, 0.15) is 50.8 Å². The van der Waals surface area contributed by atoms with Crippen molar-refractivity contribution in [1.29, 1.82) is 0 Å². The SMILES string of the molecule is C[C@@H](O)c1ccc(N(C)CC2CCCCC2)cn1. The molecule has 1 aliphatic carbocycles. The van der Waals surface area contributed by atoms with Crippen LogP contribution >= 0.6 is 0 Å². The van der Waals surface area contributed by atoms with Crippen LogP contribution in [0.3, 0.4) is 0 Å². The van der Waals surface area contributed by atoms with Crippen LogP contribution in [0.5, 0.6) is 0 Å². The average molecular weight is 248 g/mol. The van der Waals surface area contributed by atoms with E-state index in [1.54, 1.807) is 6.92 Å². The summed E-state index contributed by atoms with van der Waals surface area (Å²) in [6.45, 7) is 2.86. The van der Waals surface area contributed by atoms with Gasteiger partial charge in [-0.05, 0) is 37.8 Å². The zero-order valence-electron chi connectivity index (χ0n) is 11.5. The van der Waals surface area contributed by atoms with E-state index in [1.165, 1.54) is 32.1 Å². The van der Waals surface area contributed by atoms with Crippen LogP contribution in [0.15, 0.2) is 18.3 Å². The molecule has 0 bridgehead atoms. The van der Waals surface area contributed by atoms with Crippen molar-refractivity contribution < 1.29 is 5.11 Å². The highest BCUT2D eigenvalue weighted by atomic mass is 16.3. The van der Waals surface area contributed by atoms with Crippen molar-refractivity contribution in [2.75, 3.05) is 18.5 Å². The first-order valence-corrected chi connectivity index (χ1v) is 7.02. The molecule has 1 aliphatic rings. The van der Waals surface area contributed by atoms with Gasteiger partial charge in [0.1, 0.15) is 0 Å². The number of aliphatic hydroxyl groups excluding tert-OH is 1. The standard InChI is InChI=1S/C15H24N2O/c1-12(18)15-9-8-14(10-16-15)17(2)11-13-6-4-3-5-7-13/h8-10,12-13,18H,3-7,11H2,1-2H3/t12-/m1/s1. The molecule has 18 heavy (non-hydrogen) atoms. The lowest BCUT2D eigenvalue weighted by Gasteiger charge is -2.28. The molecule has 100 valence electrons. The molecule has 1 saturated carbocycles. The van der Waals surface area contributed by atoms with Crippen LogP contribution in [0.2, 0.25) is 0 Å². The highest BCUT2D eigenvalue weighted by molar-refractivity contribution is 5.43. The summed E-state index contributed by atoms with van der Waals surface area (Å²) in [5.41, 5.74) is 1.88. The lowest BCUT2D eigenvalue weighted by molar-refractivity contribution is 0.194. The van der Waals surface area contributed by atoms with Crippen molar-refractivity contribution in [3.63, 3.8) is 0 Å². The van der Waals surface area contributed by atoms with Gasteiger partial charge < -0.3 is 10.0 Å². The Morgan fingerprint density at radius 1 is 1.33 bits per heavy atom. The molecule has 1 fully saturated rings. The summed E-state index contributed by atoms with van der Waals surface area (Å²) in [5, 5.41) is 9.44. The monoisotopic (exact) mass is 248 g/mol. The van der Waals surface area contributed by atoms with E-state index in [9.17, 15) is 5.11 Å². The quantitative estimate of drug-likeness (QED) is 0.889. The van der Waals surface area contributed by atoms with Gasteiger partial charge in [0.25, 0.3) is 0 Å². The third kappa shape index (κ3) is 3.45. The van der Waals surface area contributed by atoms with E-state index in [2.05, 4.69) is 23.0 Å². The first-order chi connectivity index (χ1) is 8.66. The van der Waals surface area contributed by atoms with Gasteiger partial charge in [-0.1, -0.05) is 19.3 Å². The number of hydrogen-bond acceptors (Lipinski definition) is 3. The van der Waals surface area contributed by atoms with Crippen molar-refractivity contribution in [3.05, 3.63) is 24.0 Å². The third-order valence-corrected chi connectivity index (χ3v) is 3.90. The summed E-state index contributed by atoms with van der Waals surface area (Å²) in [4.78, 5) is 6.59. The molecule has 3 heteroatoms. The molecule has 0 saturated heterocycles. The highest BCUT2D eigenvalue weighted by Crippen LogP contribution is 2.25. The van der Waals surface area contributed by atoms with Gasteiger partial charge in [-0.2, -0.15) is 0 Å². The van der Waals surface area contributed by atoms with Crippen LogP contribution in [0.25, 0.3) is 0 Å². The van der Waals surface area contributed by atoms with Gasteiger partial charge in [0.2, 0.25) is 0 Å². The van der Waals surface area contributed by atoms with Gasteiger partial charge in [-0.15, -0.1) is 0 Å². The summed E-state index contributed by atoms with van der Waals surface area (Å²) in [7, 11) is 2.13. The molecule has 0 radical (unpaired) electrons. The second kappa shape index (κ2) is 6.19. The Hall–Kier alpha value is -1.09. The Labute approximate surface area is 110 Å². The Balaban J connectivity index is 1.93. The minimum Gasteiger partial charge on any atom is -0.387 e. The second-order valence-electron chi connectivity index (χ2n) is 5.50. The lowest BCUT2D eigenvalue weighted by Crippen LogP contribution is -2.26. The number of aromatic nitrogens is 1. The summed E-state index contributed by atoms with van der Waals surface area (Å²) >= 11 is 0. The maximum atomic E-state index is 9.44. The van der Waals surface area contributed by atoms with Crippen molar-refractivity contribution in [2.45, 2.75) is 45.1 Å². The molecular formula is C15H24N2O. The minimum absolute atomic E-state index is 0.484. The minimum atomic E-state index is -0.484. The molecule has 0 unspecified atom stereocenters. The van der Waals surface area contributed by atoms with E-state index in [-0.39, 0.29) is 0 Å². The molecule has 1 heterocycles. The number of pyridine rings is 1. The Kier molecular flexibility index (Phi) is 4.59. The molecule has 0 aromatic carbocycles. The van der Waals surface area contributed by atoms with Gasteiger partial charge in [0.15, 0.2) is 0 Å². The first-order valence-electron chi connectivity index (χ1n) is 7.02. The van der Waals surface area contributed by atoms with Crippen LogP contribution in [0, 0.1) is 5.92 Å². The molecule has 0 aliphatic heterocycles. The predicted molar refractivity (Wildman–Crippen MR) is 74.7 cm³/mol. The normalized spacial score (nSPS) is 18.6. The lowest BCUT2D eigenvalue weighted by atomic mass is 9.89. The van der Waals surface area contributed by atoms with Crippen molar-refractivity contribution >= 4 is 5.69 Å². The smallest absolute Gasteiger partial charge is 0.0931 e. The number of anilines is 1. The van der Waals surface area contributed by atoms with Crippen LogP contribution < -0.4 is 4.90 Å². The fraction of sp³-hybridized carbons (Fsp3) is 0.667. The molecule has 2 rings (SSSR count). The molecule has 0 amide bonds. The van der Waals surface area contributed by atoms with Gasteiger partial charge in [-0.3, -0.25) is 4.98 Å². The molecule has 3 nitrogen and oxygen atoms in total. The van der Waals surface area contributed by atoms with Gasteiger partial charge in [0.05, 0.1) is 23.7 Å². The van der Waals surface area contributed by atoms with E-state index in [0.29, 0.717) is 0 Å². The number of hydrogen-bond donors (Lipinski definition) is 1. The van der Waals surface area contributed by atoms with Crippen molar-refractivity contribution in [2.24, 2.45) is 5.92 Å². The Morgan fingerprint density at radius 3 is 2.61 bits per heavy atom. The Bertz CT molecular complexity index is 355. The number of nitrogens with zero attached hydrogens (tertiary/aromatic N) is 2. The largest absolute Gasteiger partial charge is 0.387 e. The highest BCUT2D eigenvalue weighted by Gasteiger charge is 2.15. The molecule has 1 aromatic rings. The van der Waals surface area contributed by atoms with E-state index < -0.39 is 6.10 Å². The van der Waals surface area contributed by atoms with E-state index in [0.717, 1.165) is 23.8 Å². The maximum absolute atomic E-state index is 9.44. The fourth-order valence-electron chi connectivity index (χ4n) is 2.73. The summed E-state index contributed by atoms with van der Waals surface area (Å²) in [6.07, 6.45) is 8.29. The van der Waals surface area contributed by atoms with Crippen LogP contribution in [-0.2, 0) is 0 Å². The molecule has 1 atom stereocenters. The molecular weight excluding hydrogens is 224 g/mol. The predicted octanol–water partition coefficient (Wildman–Crippen LogP) is 3.15. The Morgan fingerprint density at radius 2 is 2.06 bits per heavy atom. The number of rotatable bonds is 4. The first kappa shape index (κ1) is 13.3. The van der Waals surface area contributed by atoms with Crippen molar-refractivity contribution in [3.8, 4) is 0 Å². The fourth-order valence-corrected chi connectivity index (χ4v) is 2.73. The van der Waals surface area contributed by atoms with Gasteiger partial charge >= 0.3 is 0 Å². The molecule has 1 N–H and O–H groups in total. The second-order valence-corrected chi connectivity index (χ2v) is 5.50. The zero-order chi connectivity index (χ0) is 13.0. The zero-order valence-corrected chi connectivity index (χ0v) is 11.5. The van der Waals surface area contributed by atoms with Crippen molar-refractivity contribution in [1.82, 2.24) is 4.98 Å². The van der Waals surface area contributed by atoms with Gasteiger partial charge in [0, 0.05) is 13.6 Å². The maximum Gasteiger partial charge on any atom is 0.0931 e. The average Bonchev–Trinajstić information content (AvgIpc) is 2.40. The topological polar surface area (TPSA) is 36.4 Å². The van der Waals surface area contributed by atoms with E-state index >= 15 is 0 Å². The van der Waals surface area contributed by atoms with Gasteiger partial charge in [-0.25, -0.2) is 0 Å². The summed E-state index contributed by atoms with van der Waals surface area (Å²) < 4.78 is 0.